The summed E-state index contributed by atoms with van der Waals surface area (Å²) >= 11 is 0. The van der Waals surface area contributed by atoms with E-state index in [2.05, 4.69) is 159 Å². The number of aromatic nitrogens is 1. The van der Waals surface area contributed by atoms with Crippen molar-refractivity contribution < 1.29 is 21.9 Å². The molecule has 5 aromatic rings. The third-order valence-electron chi connectivity index (χ3n) is 9.17. The Kier molecular flexibility index (Phi) is 11.3. The number of amides is 1. The van der Waals surface area contributed by atoms with E-state index in [-0.39, 0.29) is 23.0 Å². The molecule has 2 heterocycles. The molecule has 6 rings (SSSR count). The van der Waals surface area contributed by atoms with Crippen LogP contribution in [0.25, 0.3) is 21.8 Å². The van der Waals surface area contributed by atoms with E-state index in [1.165, 1.54) is 38.7 Å². The number of carbonyl (C=O) groups is 1. The first kappa shape index (κ1) is 36.2. The van der Waals surface area contributed by atoms with Crippen LogP contribution in [0.5, 0.6) is 0 Å². The number of rotatable bonds is 6. The molecule has 1 aliphatic heterocycles. The second-order valence-electron chi connectivity index (χ2n) is 14.6. The zero-order chi connectivity index (χ0) is 33.3. The SMILES string of the molecule is CC(C)c1cccc(C(C)C)c1N1[CH+]N(c2c(C(C)C)cccc2C(C)C)C(=O)C(C)(C)C1.[Cu].c1ccc2c(c1)[n-]c1ccccc12. The first-order chi connectivity index (χ1) is 21.8. The van der Waals surface area contributed by atoms with E-state index in [1.807, 2.05) is 17.0 Å². The molecule has 4 aromatic carbocycles. The fraction of sp³-hybridized carbons (Fsp3) is 0.381. The fourth-order valence-corrected chi connectivity index (χ4v) is 6.71. The van der Waals surface area contributed by atoms with Gasteiger partial charge in [-0.3, -0.25) is 4.79 Å². The van der Waals surface area contributed by atoms with Crippen molar-refractivity contribution >= 4 is 39.1 Å². The summed E-state index contributed by atoms with van der Waals surface area (Å²) < 4.78 is 0. The van der Waals surface area contributed by atoms with Gasteiger partial charge in [0, 0.05) is 17.1 Å². The summed E-state index contributed by atoms with van der Waals surface area (Å²) in [4.78, 5) is 22.7. The Morgan fingerprint density at radius 2 is 0.979 bits per heavy atom. The standard InChI is InChI=1S/C30H43N2O.C12H8N.Cu/c1-19(2)23-13-11-14-24(20(3)4)27(23)31-17-30(9,10)29(33)32(18-31)28-25(21(5)6)15-12-16-26(28)22(7)8;1-3-7-11-9(5-1)10-6-2-4-8-12(10)13-11;/h11-16,18-22H,17H2,1-10H3;1-8H;/q+1;-1;. The molecule has 1 amide bonds. The van der Waals surface area contributed by atoms with Gasteiger partial charge in [-0.25, -0.2) is 0 Å². The van der Waals surface area contributed by atoms with Crippen LogP contribution in [0.4, 0.5) is 11.4 Å². The minimum absolute atomic E-state index is 0. The van der Waals surface area contributed by atoms with Gasteiger partial charge < -0.3 is 4.98 Å². The maximum atomic E-state index is 13.9. The van der Waals surface area contributed by atoms with Gasteiger partial charge in [0.25, 0.3) is 5.91 Å². The van der Waals surface area contributed by atoms with E-state index in [1.54, 1.807) is 0 Å². The molecule has 0 N–H and O–H groups in total. The molecular weight excluding hydrogens is 626 g/mol. The smallest absolute Gasteiger partial charge is 0.302 e. The van der Waals surface area contributed by atoms with E-state index >= 15 is 0 Å². The molecule has 0 aliphatic carbocycles. The summed E-state index contributed by atoms with van der Waals surface area (Å²) in [5, 5.41) is 2.50. The van der Waals surface area contributed by atoms with Crippen molar-refractivity contribution in [2.45, 2.75) is 92.9 Å². The second kappa shape index (κ2) is 14.6. The largest absolute Gasteiger partial charge is 0.657 e. The third kappa shape index (κ3) is 7.27. The van der Waals surface area contributed by atoms with E-state index in [4.69, 9.17) is 0 Å². The summed E-state index contributed by atoms with van der Waals surface area (Å²) in [6, 6.07) is 29.6. The predicted octanol–water partition coefficient (Wildman–Crippen LogP) is 11.1. The van der Waals surface area contributed by atoms with E-state index in [0.717, 1.165) is 16.7 Å². The number of benzene rings is 4. The molecule has 0 spiro atoms. The van der Waals surface area contributed by atoms with E-state index < -0.39 is 5.41 Å². The predicted molar refractivity (Wildman–Crippen MR) is 197 cm³/mol. The molecule has 5 heteroatoms. The van der Waals surface area contributed by atoms with Crippen molar-refractivity contribution in [1.82, 2.24) is 4.98 Å². The molecule has 1 saturated heterocycles. The van der Waals surface area contributed by atoms with Gasteiger partial charge in [0.2, 0.25) is 0 Å². The number of fused-ring (bicyclic) bond motifs is 3. The number of carbonyl (C=O) groups excluding carboxylic acids is 1. The van der Waals surface area contributed by atoms with Crippen LogP contribution >= 0.6 is 0 Å². The summed E-state index contributed by atoms with van der Waals surface area (Å²) in [6.45, 7) is 24.8. The van der Waals surface area contributed by atoms with Crippen LogP contribution in [0.2, 0.25) is 0 Å². The average Bonchev–Trinajstić information content (AvgIpc) is 3.40. The van der Waals surface area contributed by atoms with Gasteiger partial charge in [-0.15, -0.1) is 15.9 Å². The molecule has 0 atom stereocenters. The van der Waals surface area contributed by atoms with Gasteiger partial charge in [0.1, 0.15) is 0 Å². The quantitative estimate of drug-likeness (QED) is 0.133. The Hall–Kier alpha value is -3.66. The summed E-state index contributed by atoms with van der Waals surface area (Å²) in [7, 11) is 0. The van der Waals surface area contributed by atoms with Crippen molar-refractivity contribution in [3.8, 4) is 0 Å². The van der Waals surface area contributed by atoms with Gasteiger partial charge in [-0.1, -0.05) is 140 Å². The van der Waals surface area contributed by atoms with Gasteiger partial charge in [-0.05, 0) is 70.5 Å². The number of para-hydroxylation sites is 4. The topological polar surface area (TPSA) is 37.7 Å². The summed E-state index contributed by atoms with van der Waals surface area (Å²) in [6.07, 6.45) is 0. The van der Waals surface area contributed by atoms with Gasteiger partial charge >= 0.3 is 6.67 Å². The van der Waals surface area contributed by atoms with Gasteiger partial charge in [-0.2, -0.15) is 4.90 Å². The Morgan fingerprint density at radius 1 is 0.596 bits per heavy atom. The molecule has 0 unspecified atom stereocenters. The first-order valence-corrected chi connectivity index (χ1v) is 16.9. The summed E-state index contributed by atoms with van der Waals surface area (Å²) in [5.74, 6) is 1.62. The Bertz CT molecular complexity index is 1730. The Labute approximate surface area is 293 Å². The number of hydrogen-bond donors (Lipinski definition) is 0. The Morgan fingerprint density at radius 3 is 1.38 bits per heavy atom. The molecule has 1 aliphatic rings. The van der Waals surface area contributed by atoms with E-state index in [0.29, 0.717) is 30.2 Å². The van der Waals surface area contributed by atoms with Crippen molar-refractivity contribution in [2.75, 3.05) is 16.3 Å². The zero-order valence-electron chi connectivity index (χ0n) is 29.7. The van der Waals surface area contributed by atoms with Crippen molar-refractivity contribution in [1.29, 1.82) is 0 Å². The zero-order valence-corrected chi connectivity index (χ0v) is 30.7. The normalized spacial score (nSPS) is 14.6. The third-order valence-corrected chi connectivity index (χ3v) is 9.17. The fourth-order valence-electron chi connectivity index (χ4n) is 6.71. The minimum Gasteiger partial charge on any atom is -0.657 e. The number of anilines is 2. The van der Waals surface area contributed by atoms with Crippen LogP contribution < -0.4 is 14.8 Å². The molecule has 0 saturated carbocycles. The molecule has 47 heavy (non-hydrogen) atoms. The molecule has 1 radical (unpaired) electrons. The minimum atomic E-state index is -0.509. The van der Waals surface area contributed by atoms with Crippen molar-refractivity contribution in [3.05, 3.63) is 114 Å². The Balaban J connectivity index is 0.000000294. The molecule has 0 bridgehead atoms. The average molecular weight is 677 g/mol. The first-order valence-electron chi connectivity index (χ1n) is 16.9. The van der Waals surface area contributed by atoms with Crippen LogP contribution in [0, 0.1) is 12.1 Å². The van der Waals surface area contributed by atoms with Crippen LogP contribution in [-0.4, -0.2) is 12.5 Å². The maximum absolute atomic E-state index is 13.9. The van der Waals surface area contributed by atoms with E-state index in [9.17, 15) is 4.79 Å². The molecule has 1 fully saturated rings. The van der Waals surface area contributed by atoms with Crippen LogP contribution in [-0.2, 0) is 21.9 Å². The van der Waals surface area contributed by atoms with Gasteiger partial charge in [0.05, 0.1) is 23.3 Å². The van der Waals surface area contributed by atoms with Crippen LogP contribution in [0.1, 0.15) is 115 Å². The van der Waals surface area contributed by atoms with Gasteiger partial charge in [0.15, 0.2) is 0 Å². The molecular formula is C42H51CuN3O. The molecule has 4 nitrogen and oxygen atoms in total. The maximum Gasteiger partial charge on any atom is 0.302 e. The number of nitrogens with zero attached hydrogens (tertiary/aromatic N) is 3. The second-order valence-corrected chi connectivity index (χ2v) is 14.6. The van der Waals surface area contributed by atoms with Crippen molar-refractivity contribution in [3.63, 3.8) is 0 Å². The van der Waals surface area contributed by atoms with Crippen LogP contribution in [0.3, 0.4) is 0 Å². The van der Waals surface area contributed by atoms with Crippen LogP contribution in [0.15, 0.2) is 84.9 Å². The molecule has 1 aromatic heterocycles. The monoisotopic (exact) mass is 676 g/mol. The number of hydrogen-bond acceptors (Lipinski definition) is 2. The molecule has 251 valence electrons. The van der Waals surface area contributed by atoms with Crippen molar-refractivity contribution in [2.24, 2.45) is 5.41 Å². The summed E-state index contributed by atoms with van der Waals surface area (Å²) in [5.41, 5.74) is 9.12.